The van der Waals surface area contributed by atoms with Crippen molar-refractivity contribution in [3.8, 4) is 11.5 Å². The topological polar surface area (TPSA) is 21.3 Å². The predicted octanol–water partition coefficient (Wildman–Crippen LogP) is 7.56. The van der Waals surface area contributed by atoms with Crippen LogP contribution >= 0.6 is 23.2 Å². The highest BCUT2D eigenvalue weighted by atomic mass is 35.5. The molecule has 0 aliphatic carbocycles. The van der Waals surface area contributed by atoms with Crippen molar-refractivity contribution >= 4 is 28.9 Å². The number of anilines is 1. The van der Waals surface area contributed by atoms with Crippen LogP contribution in [-0.4, -0.2) is 0 Å². The van der Waals surface area contributed by atoms with Crippen molar-refractivity contribution in [3.05, 3.63) is 87.7 Å². The summed E-state index contributed by atoms with van der Waals surface area (Å²) >= 11 is 12.0. The summed E-state index contributed by atoms with van der Waals surface area (Å²) in [5.41, 5.74) is -0.468. The molecule has 146 valence electrons. The van der Waals surface area contributed by atoms with Crippen LogP contribution in [0, 0.1) is 5.82 Å². The van der Waals surface area contributed by atoms with E-state index in [-0.39, 0.29) is 17.1 Å². The van der Waals surface area contributed by atoms with Gasteiger partial charge in [-0.05, 0) is 42.5 Å². The zero-order valence-electron chi connectivity index (χ0n) is 14.2. The van der Waals surface area contributed by atoms with E-state index >= 15 is 0 Å². The van der Waals surface area contributed by atoms with E-state index in [0.717, 1.165) is 12.1 Å². The summed E-state index contributed by atoms with van der Waals surface area (Å²) in [5, 5.41) is 3.49. The molecule has 0 aromatic heterocycles. The highest BCUT2D eigenvalue weighted by Crippen LogP contribution is 2.35. The molecule has 0 unspecified atom stereocenters. The minimum absolute atomic E-state index is 0.0981. The monoisotopic (exact) mass is 429 g/mol. The quantitative estimate of drug-likeness (QED) is 0.422. The van der Waals surface area contributed by atoms with Gasteiger partial charge in [0.2, 0.25) is 0 Å². The third-order valence-corrected chi connectivity index (χ3v) is 4.64. The Morgan fingerprint density at radius 3 is 2.43 bits per heavy atom. The Balaban J connectivity index is 1.74. The molecule has 8 heteroatoms. The molecule has 0 heterocycles. The molecule has 0 atom stereocenters. The van der Waals surface area contributed by atoms with E-state index in [9.17, 15) is 17.6 Å². The molecular formula is C20H13Cl2F4NO. The molecule has 0 aliphatic rings. The molecule has 0 saturated carbocycles. The molecular weight excluding hydrogens is 417 g/mol. The van der Waals surface area contributed by atoms with Crippen molar-refractivity contribution in [2.24, 2.45) is 0 Å². The molecule has 2 nitrogen and oxygen atoms in total. The summed E-state index contributed by atoms with van der Waals surface area (Å²) in [4.78, 5) is 0. The maximum absolute atomic E-state index is 13.9. The summed E-state index contributed by atoms with van der Waals surface area (Å²) in [6, 6.07) is 13.9. The fourth-order valence-electron chi connectivity index (χ4n) is 2.44. The van der Waals surface area contributed by atoms with Gasteiger partial charge in [0.1, 0.15) is 22.3 Å². The Hall–Kier alpha value is -2.44. The first-order valence-corrected chi connectivity index (χ1v) is 8.81. The first-order chi connectivity index (χ1) is 13.2. The zero-order chi connectivity index (χ0) is 20.3. The fourth-order valence-corrected chi connectivity index (χ4v) is 2.77. The van der Waals surface area contributed by atoms with Crippen molar-refractivity contribution in [1.82, 2.24) is 0 Å². The van der Waals surface area contributed by atoms with Gasteiger partial charge >= 0.3 is 6.18 Å². The molecule has 28 heavy (non-hydrogen) atoms. The van der Waals surface area contributed by atoms with E-state index in [1.165, 1.54) is 0 Å². The number of nitrogens with one attached hydrogen (secondary N) is 1. The standard InChI is InChI=1S/C20H13Cl2F4NO/c21-16-5-2-6-18(19(16)22)28-15-4-1-3-14(10-15)27-11-12-9-13(20(24,25)26)7-8-17(12)23/h1-10,27H,11H2. The maximum atomic E-state index is 13.9. The van der Waals surface area contributed by atoms with Gasteiger partial charge in [0.25, 0.3) is 0 Å². The molecule has 3 aromatic carbocycles. The fraction of sp³-hybridized carbons (Fsp3) is 0.100. The van der Waals surface area contributed by atoms with E-state index < -0.39 is 17.6 Å². The molecule has 3 aromatic rings. The molecule has 0 fully saturated rings. The van der Waals surface area contributed by atoms with Crippen LogP contribution in [0.5, 0.6) is 11.5 Å². The van der Waals surface area contributed by atoms with Gasteiger partial charge in [-0.1, -0.05) is 35.3 Å². The van der Waals surface area contributed by atoms with E-state index in [4.69, 9.17) is 27.9 Å². The van der Waals surface area contributed by atoms with Crippen LogP contribution in [0.15, 0.2) is 60.7 Å². The molecule has 0 spiro atoms. The van der Waals surface area contributed by atoms with Gasteiger partial charge < -0.3 is 10.1 Å². The van der Waals surface area contributed by atoms with Crippen LogP contribution in [0.4, 0.5) is 23.2 Å². The average molecular weight is 430 g/mol. The van der Waals surface area contributed by atoms with Gasteiger partial charge in [0, 0.05) is 23.9 Å². The third kappa shape index (κ3) is 4.88. The minimum atomic E-state index is -4.54. The first-order valence-electron chi connectivity index (χ1n) is 8.05. The van der Waals surface area contributed by atoms with Gasteiger partial charge in [-0.2, -0.15) is 13.2 Å². The molecule has 0 radical (unpaired) electrons. The number of benzene rings is 3. The number of ether oxygens (including phenoxy) is 1. The first kappa shape index (κ1) is 20.3. The number of hydrogen-bond acceptors (Lipinski definition) is 2. The summed E-state index contributed by atoms with van der Waals surface area (Å²) < 4.78 is 58.0. The van der Waals surface area contributed by atoms with E-state index in [1.807, 2.05) is 0 Å². The van der Waals surface area contributed by atoms with Crippen LogP contribution in [0.3, 0.4) is 0 Å². The van der Waals surface area contributed by atoms with Crippen LogP contribution in [-0.2, 0) is 12.7 Å². The summed E-state index contributed by atoms with van der Waals surface area (Å²) in [7, 11) is 0. The summed E-state index contributed by atoms with van der Waals surface area (Å²) in [6.45, 7) is -0.128. The second kappa shape index (κ2) is 8.29. The molecule has 3 rings (SSSR count). The van der Waals surface area contributed by atoms with Crippen molar-refractivity contribution in [1.29, 1.82) is 0 Å². The van der Waals surface area contributed by atoms with Gasteiger partial charge in [0.15, 0.2) is 0 Å². The molecule has 0 aliphatic heterocycles. The normalized spacial score (nSPS) is 11.4. The SMILES string of the molecule is Fc1ccc(C(F)(F)F)cc1CNc1cccc(Oc2cccc(Cl)c2Cl)c1. The Kier molecular flexibility index (Phi) is 6.01. The largest absolute Gasteiger partial charge is 0.456 e. The molecule has 0 bridgehead atoms. The van der Waals surface area contributed by atoms with Crippen LogP contribution in [0.1, 0.15) is 11.1 Å². The number of alkyl halides is 3. The molecule has 0 saturated heterocycles. The van der Waals surface area contributed by atoms with Gasteiger partial charge in [-0.25, -0.2) is 4.39 Å². The smallest absolute Gasteiger partial charge is 0.416 e. The van der Waals surface area contributed by atoms with Crippen molar-refractivity contribution in [2.45, 2.75) is 12.7 Å². The number of halogens is 6. The Bertz CT molecular complexity index is 992. The van der Waals surface area contributed by atoms with Crippen molar-refractivity contribution in [2.75, 3.05) is 5.32 Å². The second-order valence-electron chi connectivity index (χ2n) is 5.84. The highest BCUT2D eigenvalue weighted by molar-refractivity contribution is 6.42. The lowest BCUT2D eigenvalue weighted by molar-refractivity contribution is -0.137. The van der Waals surface area contributed by atoms with Crippen molar-refractivity contribution < 1.29 is 22.3 Å². The van der Waals surface area contributed by atoms with Gasteiger partial charge in [0.05, 0.1) is 10.6 Å². The lowest BCUT2D eigenvalue weighted by atomic mass is 10.1. The maximum Gasteiger partial charge on any atom is 0.416 e. The molecule has 0 amide bonds. The Morgan fingerprint density at radius 2 is 1.68 bits per heavy atom. The molecule has 1 N–H and O–H groups in total. The second-order valence-corrected chi connectivity index (χ2v) is 6.62. The third-order valence-electron chi connectivity index (χ3n) is 3.83. The van der Waals surface area contributed by atoms with Crippen LogP contribution in [0.25, 0.3) is 0 Å². The number of rotatable bonds is 5. The summed E-state index contributed by atoms with van der Waals surface area (Å²) in [6.07, 6.45) is -4.54. The lowest BCUT2D eigenvalue weighted by Crippen LogP contribution is -2.08. The Morgan fingerprint density at radius 1 is 0.929 bits per heavy atom. The van der Waals surface area contributed by atoms with Crippen molar-refractivity contribution in [3.63, 3.8) is 0 Å². The zero-order valence-corrected chi connectivity index (χ0v) is 15.7. The van der Waals surface area contributed by atoms with E-state index in [1.54, 1.807) is 42.5 Å². The minimum Gasteiger partial charge on any atom is -0.456 e. The lowest BCUT2D eigenvalue weighted by Gasteiger charge is -2.13. The van der Waals surface area contributed by atoms with E-state index in [2.05, 4.69) is 5.32 Å². The number of hydrogen-bond donors (Lipinski definition) is 1. The van der Waals surface area contributed by atoms with Crippen LogP contribution < -0.4 is 10.1 Å². The van der Waals surface area contributed by atoms with Crippen LogP contribution in [0.2, 0.25) is 10.0 Å². The summed E-state index contributed by atoms with van der Waals surface area (Å²) in [5.74, 6) is 0.0625. The average Bonchev–Trinajstić information content (AvgIpc) is 2.64. The van der Waals surface area contributed by atoms with Gasteiger partial charge in [-0.15, -0.1) is 0 Å². The van der Waals surface area contributed by atoms with E-state index in [0.29, 0.717) is 28.3 Å². The Labute approximate surface area is 168 Å². The predicted molar refractivity (Wildman–Crippen MR) is 102 cm³/mol. The highest BCUT2D eigenvalue weighted by Gasteiger charge is 2.31. The van der Waals surface area contributed by atoms with Gasteiger partial charge in [-0.3, -0.25) is 0 Å².